The van der Waals surface area contributed by atoms with E-state index in [4.69, 9.17) is 0 Å². The summed E-state index contributed by atoms with van der Waals surface area (Å²) in [6, 6.07) is 8.21. The van der Waals surface area contributed by atoms with Gasteiger partial charge in [0.05, 0.1) is 23.2 Å². The Bertz CT molecular complexity index is 436. The van der Waals surface area contributed by atoms with Crippen LogP contribution in [0.2, 0.25) is 0 Å². The summed E-state index contributed by atoms with van der Waals surface area (Å²) < 4.78 is 2.17. The third-order valence-corrected chi connectivity index (χ3v) is 3.66. The predicted molar refractivity (Wildman–Crippen MR) is 66.8 cm³/mol. The van der Waals surface area contributed by atoms with E-state index < -0.39 is 0 Å². The molecule has 0 N–H and O–H groups in total. The van der Waals surface area contributed by atoms with Gasteiger partial charge >= 0.3 is 0 Å². The van der Waals surface area contributed by atoms with E-state index in [0.29, 0.717) is 5.25 Å². The van der Waals surface area contributed by atoms with E-state index in [1.165, 1.54) is 5.52 Å². The largest absolute Gasteiger partial charge is 0.321 e. The number of hydrogen-bond donors (Lipinski definition) is 0. The number of aromatic nitrogens is 2. The maximum Gasteiger partial charge on any atom is 0.0965 e. The molecule has 0 fully saturated rings. The van der Waals surface area contributed by atoms with Crippen molar-refractivity contribution in [3.63, 3.8) is 0 Å². The minimum atomic E-state index is 0.464. The van der Waals surface area contributed by atoms with Gasteiger partial charge in [-0.2, -0.15) is 0 Å². The van der Waals surface area contributed by atoms with E-state index in [1.807, 2.05) is 36.3 Å². The Balaban J connectivity index is 2.14. The molecular weight excluding hydrogens is 204 g/mol. The Morgan fingerprint density at radius 1 is 1.47 bits per heavy atom. The Labute approximate surface area is 94.7 Å². The van der Waals surface area contributed by atoms with Crippen LogP contribution in [0.1, 0.15) is 13.3 Å². The standard InChI is InChI=1S/C12H15N2S/c1-3-10(2)15-9-14-8-13-11-6-4-5-7-12(11)14/h4-8,10H,2-3,9H2,1H3. The van der Waals surface area contributed by atoms with Gasteiger partial charge in [0.15, 0.2) is 0 Å². The van der Waals surface area contributed by atoms with Crippen molar-refractivity contribution in [1.29, 1.82) is 0 Å². The van der Waals surface area contributed by atoms with Crippen molar-refractivity contribution in [2.24, 2.45) is 0 Å². The van der Waals surface area contributed by atoms with Gasteiger partial charge in [0.25, 0.3) is 0 Å². The molecule has 0 spiro atoms. The van der Waals surface area contributed by atoms with Crippen LogP contribution in [0.25, 0.3) is 11.0 Å². The molecule has 0 aliphatic heterocycles. The van der Waals surface area contributed by atoms with Crippen molar-refractivity contribution in [1.82, 2.24) is 9.55 Å². The normalized spacial score (nSPS) is 13.2. The molecule has 2 nitrogen and oxygen atoms in total. The van der Waals surface area contributed by atoms with Crippen LogP contribution < -0.4 is 0 Å². The first-order valence-electron chi connectivity index (χ1n) is 5.16. The summed E-state index contributed by atoms with van der Waals surface area (Å²) in [5.74, 6) is 0.933. The summed E-state index contributed by atoms with van der Waals surface area (Å²) in [6.45, 7) is 6.23. The van der Waals surface area contributed by atoms with Crippen molar-refractivity contribution in [3.8, 4) is 0 Å². The van der Waals surface area contributed by atoms with Gasteiger partial charge in [-0.3, -0.25) is 0 Å². The minimum absolute atomic E-state index is 0.464. The van der Waals surface area contributed by atoms with Crippen LogP contribution >= 0.6 is 11.8 Å². The lowest BCUT2D eigenvalue weighted by molar-refractivity contribution is 0.901. The number of fused-ring (bicyclic) bond motifs is 1. The number of rotatable bonds is 4. The summed E-state index contributed by atoms with van der Waals surface area (Å²) in [7, 11) is 0. The Hall–Kier alpha value is -0.960. The van der Waals surface area contributed by atoms with Crippen LogP contribution in [-0.2, 0) is 5.88 Å². The second kappa shape index (κ2) is 4.71. The van der Waals surface area contributed by atoms with Gasteiger partial charge in [-0.25, -0.2) is 4.98 Å². The van der Waals surface area contributed by atoms with Crippen molar-refractivity contribution < 1.29 is 0 Å². The molecule has 1 atom stereocenters. The SMILES string of the molecule is [CH2]C(CC)SCn1cnc2ccccc21. The molecule has 0 amide bonds. The van der Waals surface area contributed by atoms with E-state index in [9.17, 15) is 0 Å². The average molecular weight is 219 g/mol. The highest BCUT2D eigenvalue weighted by Gasteiger charge is 2.03. The molecule has 1 aromatic carbocycles. The van der Waals surface area contributed by atoms with E-state index >= 15 is 0 Å². The summed E-state index contributed by atoms with van der Waals surface area (Å²) in [5.41, 5.74) is 2.27. The smallest absolute Gasteiger partial charge is 0.0965 e. The van der Waals surface area contributed by atoms with Gasteiger partial charge in [0.1, 0.15) is 0 Å². The number of imidazole rings is 1. The third kappa shape index (κ3) is 2.34. The third-order valence-electron chi connectivity index (χ3n) is 2.43. The van der Waals surface area contributed by atoms with Gasteiger partial charge in [0, 0.05) is 5.25 Å². The molecule has 2 aromatic rings. The van der Waals surface area contributed by atoms with Gasteiger partial charge in [-0.05, 0) is 25.5 Å². The first-order valence-corrected chi connectivity index (χ1v) is 6.20. The molecule has 1 radical (unpaired) electrons. The van der Waals surface area contributed by atoms with Crippen molar-refractivity contribution in [3.05, 3.63) is 37.5 Å². The highest BCUT2D eigenvalue weighted by atomic mass is 32.2. The Morgan fingerprint density at radius 3 is 3.07 bits per heavy atom. The zero-order chi connectivity index (χ0) is 10.7. The first-order chi connectivity index (χ1) is 7.31. The van der Waals surface area contributed by atoms with Gasteiger partial charge in [0.2, 0.25) is 0 Å². The maximum atomic E-state index is 4.35. The van der Waals surface area contributed by atoms with Crippen molar-refractivity contribution in [2.75, 3.05) is 0 Å². The second-order valence-corrected chi connectivity index (χ2v) is 4.79. The van der Waals surface area contributed by atoms with E-state index in [2.05, 4.69) is 29.5 Å². The summed E-state index contributed by atoms with van der Waals surface area (Å²) >= 11 is 1.86. The maximum absolute atomic E-state index is 4.35. The molecule has 0 aliphatic rings. The summed E-state index contributed by atoms with van der Waals surface area (Å²) in [6.07, 6.45) is 3.01. The molecule has 2 rings (SSSR count). The summed E-state index contributed by atoms with van der Waals surface area (Å²) in [4.78, 5) is 4.35. The molecule has 1 unspecified atom stereocenters. The molecule has 3 heteroatoms. The number of thioether (sulfide) groups is 1. The summed E-state index contributed by atoms with van der Waals surface area (Å²) in [5, 5.41) is 0.464. The molecule has 1 heterocycles. The molecular formula is C12H15N2S. The highest BCUT2D eigenvalue weighted by Crippen LogP contribution is 2.19. The van der Waals surface area contributed by atoms with Crippen LogP contribution in [0.3, 0.4) is 0 Å². The van der Waals surface area contributed by atoms with E-state index in [0.717, 1.165) is 17.8 Å². The lowest BCUT2D eigenvalue weighted by atomic mass is 10.3. The fraction of sp³-hybridized carbons (Fsp3) is 0.333. The van der Waals surface area contributed by atoms with Gasteiger partial charge < -0.3 is 4.57 Å². The van der Waals surface area contributed by atoms with Crippen LogP contribution in [0.4, 0.5) is 0 Å². The molecule has 79 valence electrons. The van der Waals surface area contributed by atoms with E-state index in [1.54, 1.807) is 0 Å². The molecule has 0 aliphatic carbocycles. The fourth-order valence-corrected chi connectivity index (χ4v) is 2.23. The Morgan fingerprint density at radius 2 is 2.27 bits per heavy atom. The van der Waals surface area contributed by atoms with Crippen molar-refractivity contribution >= 4 is 22.8 Å². The molecule has 1 aromatic heterocycles. The van der Waals surface area contributed by atoms with Crippen LogP contribution in [-0.4, -0.2) is 14.8 Å². The quantitative estimate of drug-likeness (QED) is 0.785. The zero-order valence-corrected chi connectivity index (χ0v) is 9.70. The first kappa shape index (κ1) is 10.6. The number of nitrogens with zero attached hydrogens (tertiary/aromatic N) is 2. The molecule has 15 heavy (non-hydrogen) atoms. The van der Waals surface area contributed by atoms with Crippen LogP contribution in [0.5, 0.6) is 0 Å². The topological polar surface area (TPSA) is 17.8 Å². The number of para-hydroxylation sites is 2. The van der Waals surface area contributed by atoms with Crippen LogP contribution in [0, 0.1) is 6.92 Å². The molecule has 0 bridgehead atoms. The van der Waals surface area contributed by atoms with E-state index in [-0.39, 0.29) is 0 Å². The number of benzene rings is 1. The lowest BCUT2D eigenvalue weighted by Gasteiger charge is -2.08. The number of hydrogen-bond acceptors (Lipinski definition) is 2. The monoisotopic (exact) mass is 219 g/mol. The zero-order valence-electron chi connectivity index (χ0n) is 8.89. The average Bonchev–Trinajstić information content (AvgIpc) is 2.69. The second-order valence-electron chi connectivity index (χ2n) is 3.53. The predicted octanol–water partition coefficient (Wildman–Crippen LogP) is 3.34. The Kier molecular flexibility index (Phi) is 3.31. The van der Waals surface area contributed by atoms with Crippen molar-refractivity contribution in [2.45, 2.75) is 24.5 Å². The highest BCUT2D eigenvalue weighted by molar-refractivity contribution is 7.99. The van der Waals surface area contributed by atoms with Crippen LogP contribution in [0.15, 0.2) is 30.6 Å². The molecule has 0 saturated carbocycles. The minimum Gasteiger partial charge on any atom is -0.321 e. The van der Waals surface area contributed by atoms with Gasteiger partial charge in [-0.1, -0.05) is 19.1 Å². The van der Waals surface area contributed by atoms with Gasteiger partial charge in [-0.15, -0.1) is 11.8 Å². The fourth-order valence-electron chi connectivity index (χ4n) is 1.42. The lowest BCUT2D eigenvalue weighted by Crippen LogP contribution is -1.99. The molecule has 0 saturated heterocycles.